The van der Waals surface area contributed by atoms with Crippen molar-refractivity contribution in [1.29, 1.82) is 0 Å². The molecule has 3 N–H and O–H groups in total. The minimum atomic E-state index is -0.873. The Labute approximate surface area is 248 Å². The molecule has 2 aromatic carbocycles. The summed E-state index contributed by atoms with van der Waals surface area (Å²) < 4.78 is 5.67. The van der Waals surface area contributed by atoms with Gasteiger partial charge in [-0.15, -0.1) is 0 Å². The highest BCUT2D eigenvalue weighted by Gasteiger charge is 2.42. The van der Waals surface area contributed by atoms with Gasteiger partial charge in [0.2, 0.25) is 5.95 Å². The highest BCUT2D eigenvalue weighted by Crippen LogP contribution is 2.42. The van der Waals surface area contributed by atoms with E-state index in [2.05, 4.69) is 58.5 Å². The van der Waals surface area contributed by atoms with E-state index in [1.165, 1.54) is 5.56 Å². The zero-order valence-electron chi connectivity index (χ0n) is 25.1. The fourth-order valence-corrected chi connectivity index (χ4v) is 5.47. The Morgan fingerprint density at radius 1 is 1.02 bits per heavy atom. The predicted octanol–water partition coefficient (Wildman–Crippen LogP) is 7.02. The molecule has 0 fully saturated rings. The number of aryl methyl sites for hydroxylation is 1. The van der Waals surface area contributed by atoms with Crippen LogP contribution in [0, 0.1) is 5.41 Å². The van der Waals surface area contributed by atoms with Gasteiger partial charge in [0, 0.05) is 29.8 Å². The number of rotatable bonds is 8. The van der Waals surface area contributed by atoms with Crippen LogP contribution >= 0.6 is 0 Å². The summed E-state index contributed by atoms with van der Waals surface area (Å²) in [6.45, 7) is 11.0. The molecule has 0 spiro atoms. The average Bonchev–Trinajstić information content (AvgIpc) is 2.96. The topological polar surface area (TPSA) is 106 Å². The normalized spacial score (nSPS) is 15.3. The number of amides is 1. The van der Waals surface area contributed by atoms with Crippen LogP contribution in [-0.4, -0.2) is 33.6 Å². The quantitative estimate of drug-likeness (QED) is 0.237. The van der Waals surface area contributed by atoms with E-state index in [0.29, 0.717) is 5.95 Å². The van der Waals surface area contributed by atoms with Gasteiger partial charge in [-0.25, -0.2) is 14.8 Å². The Balaban J connectivity index is 1.34. The van der Waals surface area contributed by atoms with Crippen molar-refractivity contribution in [3.63, 3.8) is 0 Å². The number of carbonyl (C=O) groups is 1. The van der Waals surface area contributed by atoms with E-state index >= 15 is 0 Å². The van der Waals surface area contributed by atoms with Crippen LogP contribution < -0.4 is 16.0 Å². The van der Waals surface area contributed by atoms with Crippen LogP contribution in [0.25, 0.3) is 11.3 Å². The molecule has 218 valence electrons. The summed E-state index contributed by atoms with van der Waals surface area (Å²) in [4.78, 5) is 28.4. The summed E-state index contributed by atoms with van der Waals surface area (Å²) in [6, 6.07) is 24.7. The lowest BCUT2D eigenvalue weighted by molar-refractivity contribution is -0.0559. The van der Waals surface area contributed by atoms with Crippen LogP contribution in [0.4, 0.5) is 22.4 Å². The number of nitrogens with two attached hydrogens (primary N) is 1. The zero-order valence-corrected chi connectivity index (χ0v) is 25.1. The Morgan fingerprint density at radius 2 is 1.81 bits per heavy atom. The number of hydrogen-bond donors (Lipinski definition) is 2. The second kappa shape index (κ2) is 11.8. The van der Waals surface area contributed by atoms with E-state index in [-0.39, 0.29) is 11.5 Å². The van der Waals surface area contributed by atoms with Crippen LogP contribution in [0.1, 0.15) is 57.7 Å². The smallest absolute Gasteiger partial charge is 0.405 e. The molecule has 3 heterocycles. The number of fused-ring (bicyclic) bond motifs is 1. The highest BCUT2D eigenvalue weighted by atomic mass is 16.6. The van der Waals surface area contributed by atoms with E-state index < -0.39 is 11.7 Å². The molecular formula is C34H40N6O2. The summed E-state index contributed by atoms with van der Waals surface area (Å²) in [6.07, 6.45) is 3.77. The number of ether oxygens (including phenoxy) is 1. The van der Waals surface area contributed by atoms with Crippen LogP contribution in [0.3, 0.4) is 0 Å². The SMILES string of the molecule is C[C@@H](Cc1cccc([C@](C)(OC(N)=O)C(C)(C)C)c1)Nc1nccc(N2CCCc3ccc(-c4ccccc4)nc32)n1. The number of hydrogen-bond acceptors (Lipinski definition) is 7. The van der Waals surface area contributed by atoms with Crippen molar-refractivity contribution in [2.45, 2.75) is 65.5 Å². The lowest BCUT2D eigenvalue weighted by Gasteiger charge is -2.41. The maximum absolute atomic E-state index is 11.8. The summed E-state index contributed by atoms with van der Waals surface area (Å²) >= 11 is 0. The molecule has 0 saturated carbocycles. The number of pyridine rings is 1. The van der Waals surface area contributed by atoms with E-state index in [0.717, 1.165) is 59.8 Å². The average molecular weight is 565 g/mol. The highest BCUT2D eigenvalue weighted by molar-refractivity contribution is 5.68. The Hall–Kier alpha value is -4.46. The van der Waals surface area contributed by atoms with E-state index in [9.17, 15) is 4.79 Å². The molecule has 0 radical (unpaired) electrons. The number of aromatic nitrogens is 3. The fraction of sp³-hybridized carbons (Fsp3) is 0.353. The first-order valence-corrected chi connectivity index (χ1v) is 14.5. The van der Waals surface area contributed by atoms with Gasteiger partial charge in [-0.2, -0.15) is 4.98 Å². The third-order valence-electron chi connectivity index (χ3n) is 8.16. The minimum absolute atomic E-state index is 0.0462. The molecule has 1 aliphatic heterocycles. The van der Waals surface area contributed by atoms with Gasteiger partial charge in [0.1, 0.15) is 17.2 Å². The molecule has 4 aromatic rings. The van der Waals surface area contributed by atoms with Gasteiger partial charge < -0.3 is 20.7 Å². The second-order valence-electron chi connectivity index (χ2n) is 12.2. The molecule has 8 heteroatoms. The Morgan fingerprint density at radius 3 is 2.55 bits per heavy atom. The monoisotopic (exact) mass is 564 g/mol. The second-order valence-corrected chi connectivity index (χ2v) is 12.2. The summed E-state index contributed by atoms with van der Waals surface area (Å²) in [5.41, 5.74) is 9.51. The number of nitrogens with zero attached hydrogens (tertiary/aromatic N) is 4. The number of carbonyl (C=O) groups excluding carboxylic acids is 1. The first kappa shape index (κ1) is 29.0. The van der Waals surface area contributed by atoms with Gasteiger partial charge in [-0.1, -0.05) is 81.4 Å². The fourth-order valence-electron chi connectivity index (χ4n) is 5.47. The van der Waals surface area contributed by atoms with Crippen molar-refractivity contribution in [1.82, 2.24) is 15.0 Å². The molecule has 8 nitrogen and oxygen atoms in total. The van der Waals surface area contributed by atoms with Gasteiger partial charge in [0.25, 0.3) is 0 Å². The van der Waals surface area contributed by atoms with Crippen LogP contribution in [0.15, 0.2) is 79.0 Å². The first-order chi connectivity index (χ1) is 20.0. The van der Waals surface area contributed by atoms with E-state index in [4.69, 9.17) is 20.4 Å². The van der Waals surface area contributed by atoms with Crippen LogP contribution in [0.5, 0.6) is 0 Å². The molecule has 2 atom stereocenters. The molecule has 0 aliphatic carbocycles. The summed E-state index contributed by atoms with van der Waals surface area (Å²) in [7, 11) is 0. The van der Waals surface area contributed by atoms with Crippen LogP contribution in [0.2, 0.25) is 0 Å². The van der Waals surface area contributed by atoms with Crippen molar-refractivity contribution in [3.05, 3.63) is 95.7 Å². The number of primary amides is 1. The van der Waals surface area contributed by atoms with Crippen molar-refractivity contribution in [3.8, 4) is 11.3 Å². The van der Waals surface area contributed by atoms with Gasteiger partial charge in [-0.3, -0.25) is 0 Å². The van der Waals surface area contributed by atoms with Gasteiger partial charge in [-0.05, 0) is 61.9 Å². The van der Waals surface area contributed by atoms with E-state index in [1.807, 2.05) is 64.1 Å². The molecule has 2 aromatic heterocycles. The summed E-state index contributed by atoms with van der Waals surface area (Å²) in [5.74, 6) is 2.35. The molecular weight excluding hydrogens is 524 g/mol. The summed E-state index contributed by atoms with van der Waals surface area (Å²) in [5, 5.41) is 3.48. The third-order valence-corrected chi connectivity index (χ3v) is 8.16. The zero-order chi connectivity index (χ0) is 29.9. The molecule has 0 bridgehead atoms. The molecule has 42 heavy (non-hydrogen) atoms. The standard InChI is InChI=1S/C34H40N6O2/c1-23(21-24-11-9-15-27(22-24)34(5,33(2,3)4)42-31(35)41)37-32-36-19-18-29(39-32)40-20-10-14-26-16-17-28(38-30(26)40)25-12-7-6-8-13-25/h6-9,11-13,15-19,22-23H,10,14,20-21H2,1-5H3,(H2,35,41)(H,36,37,39)/t23-,34-/m0/s1. The molecule has 5 rings (SSSR count). The van der Waals surface area contributed by atoms with E-state index in [1.54, 1.807) is 6.20 Å². The van der Waals surface area contributed by atoms with Gasteiger partial charge >= 0.3 is 6.09 Å². The molecule has 0 saturated heterocycles. The number of anilines is 3. The largest absolute Gasteiger partial charge is 0.438 e. The minimum Gasteiger partial charge on any atom is -0.438 e. The lowest BCUT2D eigenvalue weighted by atomic mass is 9.73. The van der Waals surface area contributed by atoms with Gasteiger partial charge in [0.15, 0.2) is 0 Å². The maximum atomic E-state index is 11.8. The molecule has 1 aliphatic rings. The maximum Gasteiger partial charge on any atom is 0.405 e. The third kappa shape index (κ3) is 6.22. The number of benzene rings is 2. The Kier molecular flexibility index (Phi) is 8.16. The van der Waals surface area contributed by atoms with Gasteiger partial charge in [0.05, 0.1) is 5.69 Å². The lowest BCUT2D eigenvalue weighted by Crippen LogP contribution is -2.43. The predicted molar refractivity (Wildman–Crippen MR) is 168 cm³/mol. The Bertz CT molecular complexity index is 1550. The van der Waals surface area contributed by atoms with Crippen molar-refractivity contribution in [2.24, 2.45) is 11.1 Å². The van der Waals surface area contributed by atoms with Crippen molar-refractivity contribution in [2.75, 3.05) is 16.8 Å². The first-order valence-electron chi connectivity index (χ1n) is 14.5. The molecule has 0 unspecified atom stereocenters. The van der Waals surface area contributed by atoms with Crippen molar-refractivity contribution >= 4 is 23.7 Å². The van der Waals surface area contributed by atoms with Crippen molar-refractivity contribution < 1.29 is 9.53 Å². The molecule has 1 amide bonds. The number of nitrogens with one attached hydrogen (secondary N) is 1. The van der Waals surface area contributed by atoms with Crippen LogP contribution in [-0.2, 0) is 23.2 Å².